The van der Waals surface area contributed by atoms with Crippen molar-refractivity contribution in [1.29, 1.82) is 0 Å². The summed E-state index contributed by atoms with van der Waals surface area (Å²) in [6.45, 7) is 3.21. The van der Waals surface area contributed by atoms with E-state index >= 15 is 0 Å². The molecule has 2 N–H and O–H groups in total. The second kappa shape index (κ2) is 5.00. The predicted octanol–water partition coefficient (Wildman–Crippen LogP) is 2.14. The Labute approximate surface area is 116 Å². The molecule has 100 valence electrons. The number of benzene rings is 1. The van der Waals surface area contributed by atoms with Gasteiger partial charge in [-0.05, 0) is 31.5 Å². The first-order valence-corrected chi connectivity index (χ1v) is 6.28. The van der Waals surface area contributed by atoms with Gasteiger partial charge >= 0.3 is 11.6 Å². The van der Waals surface area contributed by atoms with Gasteiger partial charge in [-0.15, -0.1) is 0 Å². The first-order valence-electron chi connectivity index (χ1n) is 5.49. The Kier molecular flexibility index (Phi) is 3.57. The first kappa shape index (κ1) is 13.5. The highest BCUT2D eigenvalue weighted by Crippen LogP contribution is 2.23. The maximum Gasteiger partial charge on any atom is 0.348 e. The second-order valence-corrected chi connectivity index (χ2v) is 4.93. The van der Waals surface area contributed by atoms with E-state index in [4.69, 9.17) is 9.52 Å². The molecule has 1 aromatic carbocycles. The van der Waals surface area contributed by atoms with E-state index in [1.54, 1.807) is 19.1 Å². The summed E-state index contributed by atoms with van der Waals surface area (Å²) < 4.78 is 5.77. The predicted molar refractivity (Wildman–Crippen MR) is 73.4 cm³/mol. The minimum atomic E-state index is -1.06. The summed E-state index contributed by atoms with van der Waals surface area (Å²) in [6, 6.07) is 2.44. The normalized spacial score (nSPS) is 12.4. The lowest BCUT2D eigenvalue weighted by Crippen LogP contribution is -2.26. The Balaban J connectivity index is 2.55. The van der Waals surface area contributed by atoms with Crippen molar-refractivity contribution in [1.82, 2.24) is 4.98 Å². The zero-order valence-corrected chi connectivity index (χ0v) is 11.8. The summed E-state index contributed by atoms with van der Waals surface area (Å²) in [5, 5.41) is 11.7. The van der Waals surface area contributed by atoms with E-state index in [1.165, 1.54) is 6.92 Å². The van der Waals surface area contributed by atoms with Gasteiger partial charge in [0.05, 0.1) is 10.9 Å². The van der Waals surface area contributed by atoms with Gasteiger partial charge in [-0.2, -0.15) is 4.98 Å². The number of halogens is 1. The van der Waals surface area contributed by atoms with E-state index in [0.29, 0.717) is 10.9 Å². The van der Waals surface area contributed by atoms with Crippen LogP contribution in [-0.4, -0.2) is 22.1 Å². The molecule has 0 unspecified atom stereocenters. The van der Waals surface area contributed by atoms with Crippen LogP contribution in [0.3, 0.4) is 0 Å². The molecule has 0 spiro atoms. The zero-order valence-electron chi connectivity index (χ0n) is 10.2. The third-order valence-electron chi connectivity index (χ3n) is 2.70. The number of rotatable bonds is 3. The van der Waals surface area contributed by atoms with Gasteiger partial charge in [0.2, 0.25) is 0 Å². The molecule has 2 aromatic rings. The number of carboxylic acid groups (broad SMARTS) is 1. The van der Waals surface area contributed by atoms with Gasteiger partial charge < -0.3 is 14.8 Å². The van der Waals surface area contributed by atoms with E-state index in [0.717, 1.165) is 10.0 Å². The van der Waals surface area contributed by atoms with Crippen LogP contribution in [0.5, 0.6) is 0 Å². The van der Waals surface area contributed by atoms with Crippen LogP contribution in [0, 0.1) is 6.92 Å². The number of aliphatic carboxylic acids is 1. The molecular formula is C12H11BrN2O4. The molecule has 0 amide bonds. The number of nitrogens with one attached hydrogen (secondary N) is 1. The average Bonchev–Trinajstić information content (AvgIpc) is 2.33. The molecule has 0 radical (unpaired) electrons. The number of carbonyl (C=O) groups is 1. The Bertz CT molecular complexity index is 711. The maximum absolute atomic E-state index is 11.9. The van der Waals surface area contributed by atoms with Crippen molar-refractivity contribution in [3.63, 3.8) is 0 Å². The van der Waals surface area contributed by atoms with Crippen molar-refractivity contribution in [2.75, 3.05) is 5.32 Å². The third-order valence-corrected chi connectivity index (χ3v) is 3.56. The summed E-state index contributed by atoms with van der Waals surface area (Å²) in [7, 11) is 0. The maximum atomic E-state index is 11.9. The molecule has 0 aliphatic carbocycles. The molecular weight excluding hydrogens is 316 g/mol. The molecule has 1 atom stereocenters. The third kappa shape index (κ3) is 2.60. The average molecular weight is 327 g/mol. The molecule has 0 saturated carbocycles. The minimum absolute atomic E-state index is 0.103. The van der Waals surface area contributed by atoms with E-state index in [-0.39, 0.29) is 6.01 Å². The highest BCUT2D eigenvalue weighted by Gasteiger charge is 2.15. The SMILES string of the molecule is Cc1c(Br)ccc2nc(N[C@@H](C)C(=O)O)oc(=O)c12. The highest BCUT2D eigenvalue weighted by atomic mass is 79.9. The minimum Gasteiger partial charge on any atom is -0.480 e. The van der Waals surface area contributed by atoms with E-state index in [2.05, 4.69) is 26.2 Å². The van der Waals surface area contributed by atoms with Gasteiger partial charge in [-0.1, -0.05) is 15.9 Å². The molecule has 19 heavy (non-hydrogen) atoms. The van der Waals surface area contributed by atoms with Crippen LogP contribution >= 0.6 is 15.9 Å². The number of aromatic nitrogens is 1. The largest absolute Gasteiger partial charge is 0.480 e. The fraction of sp³-hybridized carbons (Fsp3) is 0.250. The molecule has 0 saturated heterocycles. The number of carboxylic acids is 1. The summed E-state index contributed by atoms with van der Waals surface area (Å²) in [6.07, 6.45) is 0. The highest BCUT2D eigenvalue weighted by molar-refractivity contribution is 9.10. The molecule has 2 rings (SSSR count). The number of hydrogen-bond donors (Lipinski definition) is 2. The van der Waals surface area contributed by atoms with Gasteiger partial charge in [-0.3, -0.25) is 4.79 Å². The smallest absolute Gasteiger partial charge is 0.348 e. The van der Waals surface area contributed by atoms with Crippen molar-refractivity contribution in [3.05, 3.63) is 32.6 Å². The van der Waals surface area contributed by atoms with Crippen molar-refractivity contribution >= 4 is 38.8 Å². The van der Waals surface area contributed by atoms with Crippen LogP contribution in [0.15, 0.2) is 25.8 Å². The van der Waals surface area contributed by atoms with Gasteiger partial charge in [0.25, 0.3) is 6.01 Å². The van der Waals surface area contributed by atoms with Gasteiger partial charge in [-0.25, -0.2) is 4.79 Å². The summed E-state index contributed by atoms with van der Waals surface area (Å²) in [5.74, 6) is -1.06. The van der Waals surface area contributed by atoms with Crippen LogP contribution in [0.1, 0.15) is 12.5 Å². The van der Waals surface area contributed by atoms with Crippen LogP contribution in [-0.2, 0) is 4.79 Å². The molecule has 0 bridgehead atoms. The lowest BCUT2D eigenvalue weighted by Gasteiger charge is -2.09. The van der Waals surface area contributed by atoms with Crippen LogP contribution in [0.2, 0.25) is 0 Å². The van der Waals surface area contributed by atoms with Gasteiger partial charge in [0.1, 0.15) is 6.04 Å². The van der Waals surface area contributed by atoms with Crippen molar-refractivity contribution in [2.45, 2.75) is 19.9 Å². The van der Waals surface area contributed by atoms with Gasteiger partial charge in [0.15, 0.2) is 0 Å². The number of anilines is 1. The van der Waals surface area contributed by atoms with Crippen molar-refractivity contribution in [2.24, 2.45) is 0 Å². The monoisotopic (exact) mass is 326 g/mol. The summed E-state index contributed by atoms with van der Waals surface area (Å²) in [5.41, 5.74) is 0.637. The number of nitrogens with zero attached hydrogens (tertiary/aromatic N) is 1. The molecule has 1 aromatic heterocycles. The Morgan fingerprint density at radius 1 is 1.53 bits per heavy atom. The topological polar surface area (TPSA) is 92.4 Å². The Morgan fingerprint density at radius 3 is 2.84 bits per heavy atom. The summed E-state index contributed by atoms with van der Waals surface area (Å²) >= 11 is 3.33. The first-order chi connectivity index (χ1) is 8.90. The van der Waals surface area contributed by atoms with E-state index in [1.807, 2.05) is 0 Å². The lowest BCUT2D eigenvalue weighted by molar-refractivity contribution is -0.137. The lowest BCUT2D eigenvalue weighted by atomic mass is 10.1. The second-order valence-electron chi connectivity index (χ2n) is 4.08. The molecule has 1 heterocycles. The molecule has 0 aliphatic heterocycles. The van der Waals surface area contributed by atoms with Crippen molar-refractivity contribution < 1.29 is 14.3 Å². The quantitative estimate of drug-likeness (QED) is 0.897. The fourth-order valence-corrected chi connectivity index (χ4v) is 1.93. The zero-order chi connectivity index (χ0) is 14.2. The van der Waals surface area contributed by atoms with Crippen LogP contribution < -0.4 is 10.9 Å². The number of fused-ring (bicyclic) bond motifs is 1. The van der Waals surface area contributed by atoms with E-state index in [9.17, 15) is 9.59 Å². The summed E-state index contributed by atoms with van der Waals surface area (Å²) in [4.78, 5) is 26.7. The Hall–Kier alpha value is -1.89. The fourth-order valence-electron chi connectivity index (χ4n) is 1.60. The van der Waals surface area contributed by atoms with Crippen LogP contribution in [0.25, 0.3) is 10.9 Å². The molecule has 0 aliphatic rings. The van der Waals surface area contributed by atoms with Crippen molar-refractivity contribution in [3.8, 4) is 0 Å². The Morgan fingerprint density at radius 2 is 2.21 bits per heavy atom. The van der Waals surface area contributed by atoms with Gasteiger partial charge in [0, 0.05) is 4.47 Å². The molecule has 0 fully saturated rings. The van der Waals surface area contributed by atoms with E-state index < -0.39 is 17.6 Å². The number of aryl methyl sites for hydroxylation is 1. The molecule has 6 nitrogen and oxygen atoms in total. The standard InChI is InChI=1S/C12H11BrN2O4/c1-5-7(13)3-4-8-9(5)11(18)19-12(15-8)14-6(2)10(16)17/h3-4,6H,1-2H3,(H,14,15)(H,16,17)/t6-/m0/s1. The molecule has 7 heteroatoms. The van der Waals surface area contributed by atoms with Crippen LogP contribution in [0.4, 0.5) is 6.01 Å². The number of hydrogen-bond acceptors (Lipinski definition) is 5.